The number of hydrogen-bond acceptors (Lipinski definition) is 5. The summed E-state index contributed by atoms with van der Waals surface area (Å²) in [5.41, 5.74) is 1.63. The van der Waals surface area contributed by atoms with Crippen LogP contribution < -0.4 is 10.9 Å². The molecule has 2 aromatic heterocycles. The van der Waals surface area contributed by atoms with Crippen molar-refractivity contribution in [1.29, 1.82) is 0 Å². The summed E-state index contributed by atoms with van der Waals surface area (Å²) in [4.78, 5) is 26.9. The van der Waals surface area contributed by atoms with E-state index in [1.54, 1.807) is 11.0 Å². The predicted octanol–water partition coefficient (Wildman–Crippen LogP) is 0.842. The van der Waals surface area contributed by atoms with Gasteiger partial charge in [-0.2, -0.15) is 10.2 Å². The molecule has 2 heterocycles. The Morgan fingerprint density at radius 1 is 1.22 bits per heavy atom. The van der Waals surface area contributed by atoms with Gasteiger partial charge in [0.2, 0.25) is 0 Å². The summed E-state index contributed by atoms with van der Waals surface area (Å²) in [6, 6.07) is 10.0. The Kier molecular flexibility index (Phi) is 3.96. The number of carbonyl (C=O) groups is 1. The van der Waals surface area contributed by atoms with Crippen LogP contribution in [0.1, 0.15) is 29.0 Å². The highest BCUT2D eigenvalue weighted by molar-refractivity contribution is 5.92. The van der Waals surface area contributed by atoms with Crippen molar-refractivity contribution in [3.8, 4) is 5.69 Å². The monoisotopic (exact) mass is 310 g/mol. The quantitative estimate of drug-likeness (QED) is 0.743. The first kappa shape index (κ1) is 14.6. The van der Waals surface area contributed by atoms with Crippen LogP contribution in [0.5, 0.6) is 0 Å². The lowest BCUT2D eigenvalue weighted by molar-refractivity contribution is 0.0933. The zero-order chi connectivity index (χ0) is 16.2. The lowest BCUT2D eigenvalue weighted by Crippen LogP contribution is -2.28. The fourth-order valence-corrected chi connectivity index (χ4v) is 2.08. The van der Waals surface area contributed by atoms with Crippen molar-refractivity contribution in [2.45, 2.75) is 13.0 Å². The van der Waals surface area contributed by atoms with Crippen molar-refractivity contribution in [2.24, 2.45) is 0 Å². The number of H-pyrrole nitrogens is 1. The maximum absolute atomic E-state index is 12.1. The second-order valence-corrected chi connectivity index (χ2v) is 4.93. The predicted molar refractivity (Wildman–Crippen MR) is 82.1 cm³/mol. The number of aromatic amines is 1. The van der Waals surface area contributed by atoms with Crippen LogP contribution in [0.3, 0.4) is 0 Å². The average Bonchev–Trinajstić information content (AvgIpc) is 3.10. The molecule has 3 rings (SSSR count). The Morgan fingerprint density at radius 3 is 2.61 bits per heavy atom. The van der Waals surface area contributed by atoms with Gasteiger partial charge in [0.25, 0.3) is 11.5 Å². The van der Waals surface area contributed by atoms with Crippen molar-refractivity contribution in [1.82, 2.24) is 30.3 Å². The third-order valence-corrected chi connectivity index (χ3v) is 3.34. The van der Waals surface area contributed by atoms with E-state index in [0.717, 1.165) is 11.3 Å². The molecule has 0 aliphatic carbocycles. The molecule has 0 aliphatic heterocycles. The van der Waals surface area contributed by atoms with Crippen LogP contribution in [0.25, 0.3) is 5.69 Å². The molecule has 0 unspecified atom stereocenters. The largest absolute Gasteiger partial charge is 0.344 e. The molecule has 1 atom stereocenters. The molecule has 0 saturated carbocycles. The summed E-state index contributed by atoms with van der Waals surface area (Å²) in [6.07, 6.45) is 3.08. The fraction of sp³-hybridized carbons (Fsp3) is 0.133. The topological polar surface area (TPSA) is 106 Å². The smallest absolute Gasteiger partial charge is 0.272 e. The lowest BCUT2D eigenvalue weighted by atomic mass is 10.1. The van der Waals surface area contributed by atoms with E-state index >= 15 is 0 Å². The zero-order valence-corrected chi connectivity index (χ0v) is 12.3. The van der Waals surface area contributed by atoms with Gasteiger partial charge in [0.15, 0.2) is 0 Å². The number of nitrogens with zero attached hydrogens (tertiary/aromatic N) is 4. The number of hydrogen-bond donors (Lipinski definition) is 2. The third kappa shape index (κ3) is 3.31. The van der Waals surface area contributed by atoms with Gasteiger partial charge < -0.3 is 5.32 Å². The maximum Gasteiger partial charge on any atom is 0.272 e. The second kappa shape index (κ2) is 6.22. The van der Waals surface area contributed by atoms with Crippen LogP contribution >= 0.6 is 0 Å². The minimum Gasteiger partial charge on any atom is -0.344 e. The van der Waals surface area contributed by atoms with E-state index in [-0.39, 0.29) is 23.2 Å². The SMILES string of the molecule is C[C@@H](NC(=O)c1ccc(=O)[nH]n1)c1ccc(-n2cncn2)cc1. The van der Waals surface area contributed by atoms with Crippen molar-refractivity contribution in [3.05, 3.63) is 70.7 Å². The zero-order valence-electron chi connectivity index (χ0n) is 12.3. The molecule has 0 saturated heterocycles. The standard InChI is InChI=1S/C15H14N6O2/c1-10(18-15(23)13-6-7-14(22)20-19-13)11-2-4-12(5-3-11)21-9-16-8-17-21/h2-10H,1H3,(H,18,23)(H,20,22)/t10-/m1/s1. The second-order valence-electron chi connectivity index (χ2n) is 4.93. The van der Waals surface area contributed by atoms with Gasteiger partial charge in [0, 0.05) is 6.07 Å². The van der Waals surface area contributed by atoms with Crippen LogP contribution in [0.4, 0.5) is 0 Å². The van der Waals surface area contributed by atoms with Crippen molar-refractivity contribution >= 4 is 5.91 Å². The summed E-state index contributed by atoms with van der Waals surface area (Å²) in [5, 5.41) is 12.8. The van der Waals surface area contributed by atoms with E-state index in [4.69, 9.17) is 0 Å². The summed E-state index contributed by atoms with van der Waals surface area (Å²) < 4.78 is 1.65. The first-order chi connectivity index (χ1) is 11.1. The van der Waals surface area contributed by atoms with Crippen LogP contribution in [-0.4, -0.2) is 30.9 Å². The van der Waals surface area contributed by atoms with Gasteiger partial charge in [0.05, 0.1) is 11.7 Å². The van der Waals surface area contributed by atoms with E-state index in [1.807, 2.05) is 31.2 Å². The number of benzene rings is 1. The van der Waals surface area contributed by atoms with E-state index in [0.29, 0.717) is 0 Å². The van der Waals surface area contributed by atoms with Gasteiger partial charge in [0.1, 0.15) is 18.3 Å². The Morgan fingerprint density at radius 2 is 2.00 bits per heavy atom. The Balaban J connectivity index is 1.70. The van der Waals surface area contributed by atoms with Crippen molar-refractivity contribution < 1.29 is 4.79 Å². The number of rotatable bonds is 4. The van der Waals surface area contributed by atoms with Gasteiger partial charge in [-0.15, -0.1) is 0 Å². The summed E-state index contributed by atoms with van der Waals surface area (Å²) in [7, 11) is 0. The van der Waals surface area contributed by atoms with E-state index < -0.39 is 0 Å². The maximum atomic E-state index is 12.1. The van der Waals surface area contributed by atoms with Crippen LogP contribution in [0.15, 0.2) is 53.8 Å². The Labute approximate surface area is 131 Å². The van der Waals surface area contributed by atoms with E-state index in [2.05, 4.69) is 25.6 Å². The molecule has 23 heavy (non-hydrogen) atoms. The summed E-state index contributed by atoms with van der Waals surface area (Å²) >= 11 is 0. The number of aromatic nitrogens is 5. The molecular weight excluding hydrogens is 296 g/mol. The van der Waals surface area contributed by atoms with Crippen LogP contribution in [-0.2, 0) is 0 Å². The van der Waals surface area contributed by atoms with Crippen LogP contribution in [0, 0.1) is 0 Å². The van der Waals surface area contributed by atoms with Gasteiger partial charge in [-0.1, -0.05) is 12.1 Å². The first-order valence-corrected chi connectivity index (χ1v) is 6.95. The molecule has 0 aliphatic rings. The highest BCUT2D eigenvalue weighted by Gasteiger charge is 2.13. The minimum absolute atomic E-state index is 0.163. The van der Waals surface area contributed by atoms with Gasteiger partial charge in [-0.3, -0.25) is 9.59 Å². The molecule has 8 heteroatoms. The van der Waals surface area contributed by atoms with Gasteiger partial charge >= 0.3 is 0 Å². The molecule has 1 aromatic carbocycles. The minimum atomic E-state index is -0.353. The third-order valence-electron chi connectivity index (χ3n) is 3.34. The molecular formula is C15H14N6O2. The molecule has 0 spiro atoms. The number of amides is 1. The molecule has 2 N–H and O–H groups in total. The van der Waals surface area contributed by atoms with Crippen molar-refractivity contribution in [2.75, 3.05) is 0 Å². The van der Waals surface area contributed by atoms with Gasteiger partial charge in [-0.05, 0) is 30.7 Å². The molecule has 0 bridgehead atoms. The molecule has 116 valence electrons. The Hall–Kier alpha value is -3.29. The van der Waals surface area contributed by atoms with E-state index in [9.17, 15) is 9.59 Å². The summed E-state index contributed by atoms with van der Waals surface area (Å²) in [6.45, 7) is 1.87. The molecule has 1 amide bonds. The first-order valence-electron chi connectivity index (χ1n) is 6.95. The number of carbonyl (C=O) groups excluding carboxylic acids is 1. The average molecular weight is 310 g/mol. The Bertz CT molecular complexity index is 834. The lowest BCUT2D eigenvalue weighted by Gasteiger charge is -2.14. The fourth-order valence-electron chi connectivity index (χ4n) is 2.08. The highest BCUT2D eigenvalue weighted by atomic mass is 16.2. The number of nitrogens with one attached hydrogen (secondary N) is 2. The highest BCUT2D eigenvalue weighted by Crippen LogP contribution is 2.15. The molecule has 3 aromatic rings. The van der Waals surface area contributed by atoms with Gasteiger partial charge in [-0.25, -0.2) is 14.8 Å². The molecule has 8 nitrogen and oxygen atoms in total. The normalized spacial score (nSPS) is 11.9. The summed E-state index contributed by atoms with van der Waals surface area (Å²) in [5.74, 6) is -0.353. The molecule has 0 radical (unpaired) electrons. The van der Waals surface area contributed by atoms with Crippen LogP contribution in [0.2, 0.25) is 0 Å². The van der Waals surface area contributed by atoms with E-state index in [1.165, 1.54) is 18.5 Å². The van der Waals surface area contributed by atoms with Crippen molar-refractivity contribution in [3.63, 3.8) is 0 Å². The molecule has 0 fully saturated rings.